The number of amides is 1. The molecule has 148 valence electrons. The van der Waals surface area contributed by atoms with Crippen LogP contribution in [-0.4, -0.2) is 56.9 Å². The summed E-state index contributed by atoms with van der Waals surface area (Å²) >= 11 is 0. The first-order chi connectivity index (χ1) is 13.7. The highest BCUT2D eigenvalue weighted by Crippen LogP contribution is 2.31. The molecule has 2 heterocycles. The molecule has 2 aliphatic rings. The third-order valence-corrected chi connectivity index (χ3v) is 5.05. The third-order valence-electron chi connectivity index (χ3n) is 5.05. The quantitative estimate of drug-likeness (QED) is 0.768. The standard InChI is InChI=1S/C22H25NO5/c1-23(12-21-18-7-3-2-6-16(18)10-11-26-21)22(24)15-25-13-17-14-27-19-8-4-5-9-20(19)28-17/h2-9,17,21H,10-15H2,1H3/t17-,21+/m0/s1. The summed E-state index contributed by atoms with van der Waals surface area (Å²) in [5.41, 5.74) is 2.46. The van der Waals surface area contributed by atoms with Gasteiger partial charge in [-0.3, -0.25) is 4.79 Å². The zero-order chi connectivity index (χ0) is 19.3. The predicted octanol–water partition coefficient (Wildman–Crippen LogP) is 2.62. The van der Waals surface area contributed by atoms with E-state index in [9.17, 15) is 4.79 Å². The van der Waals surface area contributed by atoms with E-state index in [1.54, 1.807) is 11.9 Å². The number of fused-ring (bicyclic) bond motifs is 2. The zero-order valence-corrected chi connectivity index (χ0v) is 16.0. The Morgan fingerprint density at radius 3 is 2.82 bits per heavy atom. The van der Waals surface area contributed by atoms with Gasteiger partial charge in [0.15, 0.2) is 17.6 Å². The van der Waals surface area contributed by atoms with E-state index in [1.807, 2.05) is 36.4 Å². The zero-order valence-electron chi connectivity index (χ0n) is 16.0. The van der Waals surface area contributed by atoms with Gasteiger partial charge in [0.25, 0.3) is 0 Å². The normalized spacial score (nSPS) is 20.3. The fourth-order valence-electron chi connectivity index (χ4n) is 3.51. The Kier molecular flexibility index (Phi) is 5.78. The molecule has 0 radical (unpaired) electrons. The number of hydrogen-bond donors (Lipinski definition) is 0. The minimum absolute atomic E-state index is 0.00632. The molecule has 28 heavy (non-hydrogen) atoms. The van der Waals surface area contributed by atoms with Crippen molar-refractivity contribution < 1.29 is 23.7 Å². The van der Waals surface area contributed by atoms with Crippen molar-refractivity contribution in [1.82, 2.24) is 4.90 Å². The maximum absolute atomic E-state index is 12.4. The van der Waals surface area contributed by atoms with Crippen molar-refractivity contribution in [1.29, 1.82) is 0 Å². The molecule has 0 fully saturated rings. The topological polar surface area (TPSA) is 57.2 Å². The van der Waals surface area contributed by atoms with Gasteiger partial charge in [0.05, 0.1) is 19.8 Å². The summed E-state index contributed by atoms with van der Waals surface area (Å²) in [6.45, 7) is 1.91. The predicted molar refractivity (Wildman–Crippen MR) is 104 cm³/mol. The number of hydrogen-bond acceptors (Lipinski definition) is 5. The monoisotopic (exact) mass is 383 g/mol. The third kappa shape index (κ3) is 4.29. The van der Waals surface area contributed by atoms with Gasteiger partial charge in [-0.25, -0.2) is 0 Å². The van der Waals surface area contributed by atoms with E-state index in [0.717, 1.165) is 12.2 Å². The van der Waals surface area contributed by atoms with Gasteiger partial charge >= 0.3 is 0 Å². The largest absolute Gasteiger partial charge is 0.486 e. The van der Waals surface area contributed by atoms with Gasteiger partial charge in [0.1, 0.15) is 19.3 Å². The minimum Gasteiger partial charge on any atom is -0.486 e. The van der Waals surface area contributed by atoms with Crippen LogP contribution in [0.5, 0.6) is 11.5 Å². The van der Waals surface area contributed by atoms with Crippen LogP contribution < -0.4 is 9.47 Å². The number of para-hydroxylation sites is 2. The van der Waals surface area contributed by atoms with E-state index >= 15 is 0 Å². The van der Waals surface area contributed by atoms with E-state index in [1.165, 1.54) is 11.1 Å². The molecule has 0 unspecified atom stereocenters. The lowest BCUT2D eigenvalue weighted by atomic mass is 9.97. The van der Waals surface area contributed by atoms with Gasteiger partial charge in [-0.1, -0.05) is 36.4 Å². The fraction of sp³-hybridized carbons (Fsp3) is 0.409. The Bertz CT molecular complexity index is 824. The van der Waals surface area contributed by atoms with Crippen molar-refractivity contribution in [3.8, 4) is 11.5 Å². The van der Waals surface area contributed by atoms with E-state index in [-0.39, 0.29) is 24.7 Å². The van der Waals surface area contributed by atoms with Crippen LogP contribution in [-0.2, 0) is 20.7 Å². The second-order valence-electron chi connectivity index (χ2n) is 7.10. The number of carbonyl (C=O) groups is 1. The summed E-state index contributed by atoms with van der Waals surface area (Å²) in [4.78, 5) is 14.1. The molecule has 2 aromatic rings. The van der Waals surface area contributed by atoms with E-state index in [0.29, 0.717) is 32.1 Å². The van der Waals surface area contributed by atoms with Gasteiger partial charge in [-0.15, -0.1) is 0 Å². The van der Waals surface area contributed by atoms with E-state index in [2.05, 4.69) is 12.1 Å². The van der Waals surface area contributed by atoms with Crippen molar-refractivity contribution in [3.05, 3.63) is 59.7 Å². The lowest BCUT2D eigenvalue weighted by Crippen LogP contribution is -2.38. The fourth-order valence-corrected chi connectivity index (χ4v) is 3.51. The summed E-state index contributed by atoms with van der Waals surface area (Å²) in [7, 11) is 1.78. The summed E-state index contributed by atoms with van der Waals surface area (Å²) in [5.74, 6) is 1.37. The lowest BCUT2D eigenvalue weighted by Gasteiger charge is -2.30. The molecule has 2 atom stereocenters. The van der Waals surface area contributed by atoms with Crippen molar-refractivity contribution in [2.75, 3.05) is 40.0 Å². The van der Waals surface area contributed by atoms with Gasteiger partial charge in [-0.2, -0.15) is 0 Å². The van der Waals surface area contributed by atoms with Crippen LogP contribution in [0.25, 0.3) is 0 Å². The van der Waals surface area contributed by atoms with Gasteiger partial charge in [-0.05, 0) is 29.7 Å². The molecule has 1 amide bonds. The molecule has 2 aliphatic heterocycles. The Labute approximate surface area is 165 Å². The maximum atomic E-state index is 12.4. The van der Waals surface area contributed by atoms with E-state index < -0.39 is 0 Å². The van der Waals surface area contributed by atoms with Crippen LogP contribution in [0.4, 0.5) is 0 Å². The maximum Gasteiger partial charge on any atom is 0.248 e. The molecular formula is C22H25NO5. The van der Waals surface area contributed by atoms with E-state index in [4.69, 9.17) is 18.9 Å². The second-order valence-corrected chi connectivity index (χ2v) is 7.10. The number of benzene rings is 2. The second kappa shape index (κ2) is 8.63. The molecule has 0 aliphatic carbocycles. The first-order valence-corrected chi connectivity index (χ1v) is 9.60. The molecule has 6 heteroatoms. The average molecular weight is 383 g/mol. The Hall–Kier alpha value is -2.57. The molecular weight excluding hydrogens is 358 g/mol. The van der Waals surface area contributed by atoms with Crippen LogP contribution in [0, 0.1) is 0 Å². The van der Waals surface area contributed by atoms with Crippen LogP contribution in [0.1, 0.15) is 17.2 Å². The Morgan fingerprint density at radius 1 is 1.14 bits per heavy atom. The van der Waals surface area contributed by atoms with Crippen LogP contribution >= 0.6 is 0 Å². The number of rotatable bonds is 6. The highest BCUT2D eigenvalue weighted by atomic mass is 16.6. The molecule has 0 saturated heterocycles. The van der Waals surface area contributed by atoms with Gasteiger partial charge in [0.2, 0.25) is 5.91 Å². The van der Waals surface area contributed by atoms with Crippen molar-refractivity contribution in [2.45, 2.75) is 18.6 Å². The molecule has 0 bridgehead atoms. The van der Waals surface area contributed by atoms with Gasteiger partial charge < -0.3 is 23.8 Å². The first-order valence-electron chi connectivity index (χ1n) is 9.60. The number of likely N-dealkylation sites (N-methyl/N-ethyl adjacent to an activating group) is 1. The first kappa shape index (κ1) is 18.8. The van der Waals surface area contributed by atoms with Crippen molar-refractivity contribution in [3.63, 3.8) is 0 Å². The molecule has 0 spiro atoms. The number of ether oxygens (including phenoxy) is 4. The summed E-state index contributed by atoms with van der Waals surface area (Å²) < 4.78 is 23.0. The molecule has 4 rings (SSSR count). The summed E-state index contributed by atoms with van der Waals surface area (Å²) in [5, 5.41) is 0. The van der Waals surface area contributed by atoms with Crippen LogP contribution in [0.15, 0.2) is 48.5 Å². The number of carbonyl (C=O) groups excluding carboxylic acids is 1. The Morgan fingerprint density at radius 2 is 1.93 bits per heavy atom. The van der Waals surface area contributed by atoms with Crippen molar-refractivity contribution in [2.24, 2.45) is 0 Å². The highest BCUT2D eigenvalue weighted by molar-refractivity contribution is 5.77. The smallest absolute Gasteiger partial charge is 0.248 e. The molecule has 6 nitrogen and oxygen atoms in total. The Balaban J connectivity index is 1.24. The van der Waals surface area contributed by atoms with Gasteiger partial charge in [0, 0.05) is 7.05 Å². The summed E-state index contributed by atoms with van der Waals surface area (Å²) in [6, 6.07) is 15.8. The SMILES string of the molecule is CN(C[C@H]1OCCc2ccccc21)C(=O)COC[C@H]1COc2ccccc2O1. The minimum atomic E-state index is -0.221. The van der Waals surface area contributed by atoms with Crippen LogP contribution in [0.2, 0.25) is 0 Å². The number of nitrogens with zero attached hydrogens (tertiary/aromatic N) is 1. The molecule has 0 N–H and O–H groups in total. The molecule has 0 saturated carbocycles. The highest BCUT2D eigenvalue weighted by Gasteiger charge is 2.24. The molecule has 2 aromatic carbocycles. The van der Waals surface area contributed by atoms with Crippen LogP contribution in [0.3, 0.4) is 0 Å². The molecule has 0 aromatic heterocycles. The lowest BCUT2D eigenvalue weighted by molar-refractivity contribution is -0.138. The average Bonchev–Trinajstić information content (AvgIpc) is 2.74. The van der Waals surface area contributed by atoms with Crippen molar-refractivity contribution >= 4 is 5.91 Å². The summed E-state index contributed by atoms with van der Waals surface area (Å²) in [6.07, 6.45) is 0.604.